The zero-order valence-corrected chi connectivity index (χ0v) is 10.8. The fourth-order valence-electron chi connectivity index (χ4n) is 1.97. The van der Waals surface area contributed by atoms with E-state index in [4.69, 9.17) is 4.74 Å². The molecule has 0 saturated carbocycles. The summed E-state index contributed by atoms with van der Waals surface area (Å²) in [7, 11) is 0. The molecule has 0 aromatic heterocycles. The summed E-state index contributed by atoms with van der Waals surface area (Å²) in [5.74, 6) is 0.136. The quantitative estimate of drug-likeness (QED) is 0.517. The van der Waals surface area contributed by atoms with Gasteiger partial charge in [-0.2, -0.15) is 0 Å². The first-order valence-corrected chi connectivity index (χ1v) is 6.37. The van der Waals surface area contributed by atoms with Gasteiger partial charge in [0.25, 0.3) is 0 Å². The zero-order valence-electron chi connectivity index (χ0n) is 10.8. The maximum atomic E-state index is 12.0. The van der Waals surface area contributed by atoms with Gasteiger partial charge in [0, 0.05) is 13.1 Å². The first kappa shape index (κ1) is 14.2. The molecule has 2 N–H and O–H groups in total. The highest BCUT2D eigenvalue weighted by molar-refractivity contribution is 5.82. The lowest BCUT2D eigenvalue weighted by atomic mass is 9.82. The van der Waals surface area contributed by atoms with Gasteiger partial charge < -0.3 is 15.4 Å². The van der Waals surface area contributed by atoms with Crippen molar-refractivity contribution in [2.45, 2.75) is 26.2 Å². The van der Waals surface area contributed by atoms with E-state index in [1.54, 1.807) is 0 Å². The molecule has 1 heterocycles. The Labute approximate surface area is 104 Å². The van der Waals surface area contributed by atoms with E-state index in [1.165, 1.54) is 0 Å². The Hall–Kier alpha value is -0.870. The number of nitrogens with one attached hydrogen (secondary N) is 2. The van der Waals surface area contributed by atoms with Crippen LogP contribution in [0.2, 0.25) is 0 Å². The van der Waals surface area contributed by atoms with Gasteiger partial charge in [0.2, 0.25) is 5.91 Å². The summed E-state index contributed by atoms with van der Waals surface area (Å²) in [4.78, 5) is 12.0. The number of hydrogen-bond donors (Lipinski definition) is 2. The number of rotatable bonds is 7. The van der Waals surface area contributed by atoms with E-state index in [0.717, 1.165) is 32.4 Å². The monoisotopic (exact) mass is 240 g/mol. The molecule has 0 bridgehead atoms. The van der Waals surface area contributed by atoms with Crippen LogP contribution in [0.4, 0.5) is 0 Å². The van der Waals surface area contributed by atoms with Crippen LogP contribution in [-0.4, -0.2) is 38.8 Å². The Bertz CT molecular complexity index is 248. The van der Waals surface area contributed by atoms with E-state index in [9.17, 15) is 4.79 Å². The van der Waals surface area contributed by atoms with Crippen molar-refractivity contribution in [1.29, 1.82) is 0 Å². The molecule has 1 rings (SSSR count). The lowest BCUT2D eigenvalue weighted by molar-refractivity contribution is -0.131. The lowest BCUT2D eigenvalue weighted by Crippen LogP contribution is -2.49. The normalized spacial score (nSPS) is 24.3. The fourth-order valence-corrected chi connectivity index (χ4v) is 1.97. The molecular formula is C13H24N2O2. The minimum Gasteiger partial charge on any atom is -0.379 e. The average Bonchev–Trinajstić information content (AvgIpc) is 2.34. The van der Waals surface area contributed by atoms with Crippen molar-refractivity contribution in [3.8, 4) is 0 Å². The highest BCUT2D eigenvalue weighted by Crippen LogP contribution is 2.25. The molecule has 98 valence electrons. The zero-order chi connectivity index (χ0) is 12.6. The summed E-state index contributed by atoms with van der Waals surface area (Å²) in [6.07, 6.45) is 4.71. The van der Waals surface area contributed by atoms with Crippen LogP contribution in [0.1, 0.15) is 26.2 Å². The average molecular weight is 240 g/mol. The third kappa shape index (κ3) is 4.88. The highest BCUT2D eigenvalue weighted by Gasteiger charge is 2.34. The van der Waals surface area contributed by atoms with Gasteiger partial charge in [-0.3, -0.25) is 4.79 Å². The summed E-state index contributed by atoms with van der Waals surface area (Å²) in [6.45, 7) is 9.28. The van der Waals surface area contributed by atoms with Gasteiger partial charge in [0.05, 0.1) is 18.6 Å². The topological polar surface area (TPSA) is 50.4 Å². The molecule has 4 heteroatoms. The molecule has 4 nitrogen and oxygen atoms in total. The van der Waals surface area contributed by atoms with Crippen molar-refractivity contribution >= 4 is 5.91 Å². The van der Waals surface area contributed by atoms with Crippen molar-refractivity contribution in [3.05, 3.63) is 12.7 Å². The second-order valence-electron chi connectivity index (χ2n) is 4.79. The fraction of sp³-hybridized carbons (Fsp3) is 0.769. The maximum absolute atomic E-state index is 12.0. The Balaban J connectivity index is 2.13. The molecule has 1 aliphatic heterocycles. The number of piperidine rings is 1. The summed E-state index contributed by atoms with van der Waals surface area (Å²) in [6, 6.07) is 0. The minimum atomic E-state index is -0.251. The molecule has 1 aliphatic rings. The van der Waals surface area contributed by atoms with Crippen molar-refractivity contribution in [2.24, 2.45) is 5.41 Å². The van der Waals surface area contributed by atoms with Gasteiger partial charge in [0.15, 0.2) is 0 Å². The maximum Gasteiger partial charge on any atom is 0.227 e. The van der Waals surface area contributed by atoms with Crippen LogP contribution in [0.5, 0.6) is 0 Å². The second kappa shape index (κ2) is 7.45. The summed E-state index contributed by atoms with van der Waals surface area (Å²) < 4.78 is 5.34. The van der Waals surface area contributed by atoms with Crippen LogP contribution in [0.3, 0.4) is 0 Å². The van der Waals surface area contributed by atoms with Gasteiger partial charge in [-0.05, 0) is 32.7 Å². The standard InChI is InChI=1S/C13H24N2O2/c1-3-4-9-17-10-8-15-12(16)13(2)6-5-7-14-11-13/h3,14H,1,4-11H2,2H3,(H,15,16). The van der Waals surface area contributed by atoms with Crippen molar-refractivity contribution in [1.82, 2.24) is 10.6 Å². The van der Waals surface area contributed by atoms with Crippen LogP contribution in [0, 0.1) is 5.41 Å². The van der Waals surface area contributed by atoms with Gasteiger partial charge in [-0.25, -0.2) is 0 Å². The number of ether oxygens (including phenoxy) is 1. The molecule has 0 aliphatic carbocycles. The SMILES string of the molecule is C=CCCOCCNC(=O)C1(C)CCCNC1. The van der Waals surface area contributed by atoms with Gasteiger partial charge in [0.1, 0.15) is 0 Å². The van der Waals surface area contributed by atoms with E-state index >= 15 is 0 Å². The molecule has 1 unspecified atom stereocenters. The van der Waals surface area contributed by atoms with E-state index in [0.29, 0.717) is 19.8 Å². The van der Waals surface area contributed by atoms with E-state index < -0.39 is 0 Å². The Morgan fingerprint density at radius 2 is 2.41 bits per heavy atom. The van der Waals surface area contributed by atoms with Crippen LogP contribution >= 0.6 is 0 Å². The molecule has 0 radical (unpaired) electrons. The summed E-state index contributed by atoms with van der Waals surface area (Å²) in [5.41, 5.74) is -0.251. The van der Waals surface area contributed by atoms with E-state index in [1.807, 2.05) is 13.0 Å². The predicted molar refractivity (Wildman–Crippen MR) is 68.9 cm³/mol. The van der Waals surface area contributed by atoms with Crippen LogP contribution < -0.4 is 10.6 Å². The molecule has 0 aromatic rings. The Morgan fingerprint density at radius 3 is 3.06 bits per heavy atom. The lowest BCUT2D eigenvalue weighted by Gasteiger charge is -2.32. The molecule has 0 spiro atoms. The number of carbonyl (C=O) groups excluding carboxylic acids is 1. The van der Waals surface area contributed by atoms with Crippen molar-refractivity contribution in [2.75, 3.05) is 32.8 Å². The van der Waals surface area contributed by atoms with E-state index in [2.05, 4.69) is 17.2 Å². The van der Waals surface area contributed by atoms with Crippen molar-refractivity contribution < 1.29 is 9.53 Å². The predicted octanol–water partition coefficient (Wildman–Crippen LogP) is 1.08. The first-order chi connectivity index (χ1) is 8.19. The molecule has 17 heavy (non-hydrogen) atoms. The van der Waals surface area contributed by atoms with E-state index in [-0.39, 0.29) is 11.3 Å². The molecule has 0 aromatic carbocycles. The molecule has 1 amide bonds. The van der Waals surface area contributed by atoms with Gasteiger partial charge in [-0.15, -0.1) is 6.58 Å². The largest absolute Gasteiger partial charge is 0.379 e. The van der Waals surface area contributed by atoms with Crippen LogP contribution in [-0.2, 0) is 9.53 Å². The Kier molecular flexibility index (Phi) is 6.22. The highest BCUT2D eigenvalue weighted by atomic mass is 16.5. The molecule has 1 saturated heterocycles. The van der Waals surface area contributed by atoms with Gasteiger partial charge in [-0.1, -0.05) is 6.08 Å². The van der Waals surface area contributed by atoms with Crippen LogP contribution in [0.25, 0.3) is 0 Å². The summed E-state index contributed by atoms with van der Waals surface area (Å²) in [5, 5.41) is 6.21. The Morgan fingerprint density at radius 1 is 1.59 bits per heavy atom. The number of carbonyl (C=O) groups is 1. The molecule has 1 fully saturated rings. The second-order valence-corrected chi connectivity index (χ2v) is 4.79. The first-order valence-electron chi connectivity index (χ1n) is 6.37. The smallest absolute Gasteiger partial charge is 0.227 e. The molecular weight excluding hydrogens is 216 g/mol. The summed E-state index contributed by atoms with van der Waals surface area (Å²) >= 11 is 0. The van der Waals surface area contributed by atoms with Crippen LogP contribution in [0.15, 0.2) is 12.7 Å². The third-order valence-corrected chi connectivity index (χ3v) is 3.14. The van der Waals surface area contributed by atoms with Crippen molar-refractivity contribution in [3.63, 3.8) is 0 Å². The number of hydrogen-bond acceptors (Lipinski definition) is 3. The third-order valence-electron chi connectivity index (χ3n) is 3.14. The minimum absolute atomic E-state index is 0.136. The van der Waals surface area contributed by atoms with Gasteiger partial charge >= 0.3 is 0 Å². The molecule has 1 atom stereocenters. The number of amides is 1.